The molecule has 1 aliphatic heterocycles. The molecule has 0 aliphatic carbocycles. The highest BCUT2D eigenvalue weighted by Crippen LogP contribution is 2.49. The van der Waals surface area contributed by atoms with E-state index in [1.807, 2.05) is 0 Å². The molecule has 3 aromatic carbocycles. The molecule has 10 heteroatoms. The van der Waals surface area contributed by atoms with Gasteiger partial charge in [-0.15, -0.1) is 0 Å². The second-order valence-electron chi connectivity index (χ2n) is 6.93. The van der Waals surface area contributed by atoms with Crippen molar-refractivity contribution >= 4 is 27.3 Å². The van der Waals surface area contributed by atoms with E-state index in [1.54, 1.807) is 72.8 Å². The molecule has 0 radical (unpaired) electrons. The van der Waals surface area contributed by atoms with Gasteiger partial charge < -0.3 is 10.0 Å². The van der Waals surface area contributed by atoms with Crippen LogP contribution in [0.1, 0.15) is 11.7 Å². The highest BCUT2D eigenvalue weighted by atomic mass is 32.2. The molecule has 1 unspecified atom stereocenters. The summed E-state index contributed by atoms with van der Waals surface area (Å²) in [5.41, 5.74) is 1.27. The average molecular weight is 452 g/mol. The minimum atomic E-state index is -4.05. The highest BCUT2D eigenvalue weighted by Gasteiger charge is 2.47. The van der Waals surface area contributed by atoms with Crippen molar-refractivity contribution in [2.75, 3.05) is 22.9 Å². The van der Waals surface area contributed by atoms with Gasteiger partial charge in [-0.1, -0.05) is 60.7 Å². The minimum absolute atomic E-state index is 0.0878. The van der Waals surface area contributed by atoms with E-state index < -0.39 is 28.6 Å². The lowest BCUT2D eigenvalue weighted by atomic mass is 10.1. The summed E-state index contributed by atoms with van der Waals surface area (Å²) in [6.45, 7) is -0.648. The number of carbonyl (C=O) groups is 1. The van der Waals surface area contributed by atoms with Gasteiger partial charge in [0, 0.05) is 0 Å². The third kappa shape index (κ3) is 3.76. The molecule has 0 saturated carbocycles. The van der Waals surface area contributed by atoms with Gasteiger partial charge in [-0.2, -0.15) is 0 Å². The Labute approximate surface area is 185 Å². The van der Waals surface area contributed by atoms with Gasteiger partial charge >= 0.3 is 0 Å². The Kier molecular flexibility index (Phi) is 5.78. The van der Waals surface area contributed by atoms with Gasteiger partial charge in [0.05, 0.1) is 16.3 Å². The number of benzene rings is 3. The minimum Gasteiger partial charge on any atom is -0.597 e. The van der Waals surface area contributed by atoms with E-state index in [-0.39, 0.29) is 9.76 Å². The average Bonchev–Trinajstić information content (AvgIpc) is 3.16. The molecule has 0 aromatic heterocycles. The van der Waals surface area contributed by atoms with Gasteiger partial charge in [-0.05, 0) is 34.7 Å². The van der Waals surface area contributed by atoms with Crippen molar-refractivity contribution < 1.29 is 22.9 Å². The Morgan fingerprint density at radius 1 is 0.969 bits per heavy atom. The van der Waals surface area contributed by atoms with Crippen molar-refractivity contribution in [2.24, 2.45) is 5.28 Å². The van der Waals surface area contributed by atoms with Crippen LogP contribution in [0.3, 0.4) is 0 Å². The van der Waals surface area contributed by atoms with Crippen LogP contribution in [0, 0.1) is 5.21 Å². The van der Waals surface area contributed by atoms with E-state index in [2.05, 4.69) is 10.1 Å². The summed E-state index contributed by atoms with van der Waals surface area (Å²) in [5, 5.41) is 15.1. The maximum absolute atomic E-state index is 13.8. The second kappa shape index (κ2) is 8.67. The van der Waals surface area contributed by atoms with Crippen LogP contribution in [-0.4, -0.2) is 32.8 Å². The number of carbonyl (C=O) groups excluding carboxylic acids is 1. The summed E-state index contributed by atoms with van der Waals surface area (Å²) >= 11 is 0. The van der Waals surface area contributed by atoms with E-state index in [4.69, 9.17) is 0 Å². The van der Waals surface area contributed by atoms with Gasteiger partial charge in [-0.3, -0.25) is 9.69 Å². The van der Waals surface area contributed by atoms with Crippen molar-refractivity contribution in [2.45, 2.75) is 11.1 Å². The van der Waals surface area contributed by atoms with Crippen LogP contribution in [0.15, 0.2) is 95.1 Å². The van der Waals surface area contributed by atoms with Crippen LogP contribution in [0.2, 0.25) is 0 Å². The van der Waals surface area contributed by atoms with Gasteiger partial charge in [0.15, 0.2) is 11.4 Å². The number of anilines is 2. The zero-order valence-electron chi connectivity index (χ0n) is 17.1. The molecule has 164 valence electrons. The maximum Gasteiger partial charge on any atom is 0.298 e. The van der Waals surface area contributed by atoms with E-state index in [0.29, 0.717) is 16.9 Å². The molecule has 4 rings (SSSR count). The van der Waals surface area contributed by atoms with Crippen LogP contribution in [0.25, 0.3) is 0 Å². The molecule has 0 N–H and O–H groups in total. The third-order valence-corrected chi connectivity index (χ3v) is 6.74. The standard InChI is InChI=1S/C22H20N4O5S/c1-31-23-24(28)16-21(27)25-19-14-8-9-15-20(19)26(22(25)17-10-4-2-5-11-17)32(29,30)18-12-6-3-7-13-18/h2-15,22H,16H2,1H3/b24-23-. The summed E-state index contributed by atoms with van der Waals surface area (Å²) in [5.74, 6) is -0.632. The smallest absolute Gasteiger partial charge is 0.298 e. The number of sulfonamides is 1. The molecule has 1 heterocycles. The first-order chi connectivity index (χ1) is 15.4. The van der Waals surface area contributed by atoms with E-state index >= 15 is 0 Å². The van der Waals surface area contributed by atoms with Crippen LogP contribution >= 0.6 is 0 Å². The fourth-order valence-corrected chi connectivity index (χ4v) is 5.30. The Morgan fingerprint density at radius 3 is 2.16 bits per heavy atom. The van der Waals surface area contributed by atoms with E-state index in [1.165, 1.54) is 28.4 Å². The fraction of sp³-hybridized carbons (Fsp3) is 0.136. The maximum atomic E-state index is 13.8. The number of amides is 1. The molecular weight excluding hydrogens is 432 g/mol. The number of hydroxylamine groups is 1. The van der Waals surface area contributed by atoms with Crippen LogP contribution in [0.5, 0.6) is 0 Å². The number of para-hydroxylation sites is 2. The molecule has 0 fully saturated rings. The monoisotopic (exact) mass is 452 g/mol. The second-order valence-corrected chi connectivity index (χ2v) is 8.74. The molecular formula is C22H20N4O5S. The first-order valence-corrected chi connectivity index (χ1v) is 11.1. The summed E-state index contributed by atoms with van der Waals surface area (Å²) in [4.78, 5) is 19.2. The number of rotatable bonds is 6. The summed E-state index contributed by atoms with van der Waals surface area (Å²) in [6.07, 6.45) is -1.03. The van der Waals surface area contributed by atoms with E-state index in [0.717, 1.165) is 0 Å². The number of hydrogen-bond acceptors (Lipinski definition) is 6. The molecule has 0 saturated heterocycles. The van der Waals surface area contributed by atoms with Crippen LogP contribution in [-0.2, 0) is 19.7 Å². The Morgan fingerprint density at radius 2 is 1.53 bits per heavy atom. The van der Waals surface area contributed by atoms with Crippen molar-refractivity contribution in [3.63, 3.8) is 0 Å². The molecule has 1 amide bonds. The molecule has 1 atom stereocenters. The van der Waals surface area contributed by atoms with Crippen LogP contribution in [0.4, 0.5) is 11.4 Å². The summed E-state index contributed by atoms with van der Waals surface area (Å²) in [6, 6.07) is 23.5. The SMILES string of the molecule is CO/N=[N+](\[O-])CC(=O)N1c2ccccc2N(S(=O)(=O)c2ccccc2)C1c1ccccc1. The van der Waals surface area contributed by atoms with Crippen molar-refractivity contribution in [1.29, 1.82) is 0 Å². The molecule has 3 aromatic rings. The predicted molar refractivity (Wildman–Crippen MR) is 117 cm³/mol. The number of nitrogens with zero attached hydrogens (tertiary/aromatic N) is 4. The molecule has 9 nitrogen and oxygen atoms in total. The zero-order chi connectivity index (χ0) is 22.7. The summed E-state index contributed by atoms with van der Waals surface area (Å²) < 4.78 is 28.7. The van der Waals surface area contributed by atoms with Crippen molar-refractivity contribution in [3.8, 4) is 0 Å². The lowest BCUT2D eigenvalue weighted by Gasteiger charge is -2.31. The van der Waals surface area contributed by atoms with Gasteiger partial charge in [-0.25, -0.2) is 12.7 Å². The first kappa shape index (κ1) is 21.3. The summed E-state index contributed by atoms with van der Waals surface area (Å²) in [7, 11) is -2.86. The van der Waals surface area contributed by atoms with Crippen molar-refractivity contribution in [1.82, 2.24) is 0 Å². The Bertz CT molecular complexity index is 1250. The first-order valence-electron chi connectivity index (χ1n) is 9.69. The third-order valence-electron chi connectivity index (χ3n) is 4.96. The predicted octanol–water partition coefficient (Wildman–Crippen LogP) is 3.45. The molecule has 0 bridgehead atoms. The van der Waals surface area contributed by atoms with Gasteiger partial charge in [0.25, 0.3) is 22.5 Å². The number of hydrogen-bond donors (Lipinski definition) is 0. The lowest BCUT2D eigenvalue weighted by molar-refractivity contribution is -0.546. The molecule has 32 heavy (non-hydrogen) atoms. The molecule has 1 aliphatic rings. The topological polar surface area (TPSA) is 105 Å². The number of fused-ring (bicyclic) bond motifs is 1. The normalized spacial score (nSPS) is 16.0. The van der Waals surface area contributed by atoms with Crippen LogP contribution < -0.4 is 9.21 Å². The largest absolute Gasteiger partial charge is 0.597 e. The molecule has 0 spiro atoms. The fourth-order valence-electron chi connectivity index (χ4n) is 3.68. The quantitative estimate of drug-likeness (QED) is 0.324. The Hall–Kier alpha value is -3.92. The van der Waals surface area contributed by atoms with E-state index in [9.17, 15) is 18.4 Å². The Balaban J connectivity index is 1.91. The highest BCUT2D eigenvalue weighted by molar-refractivity contribution is 7.92. The van der Waals surface area contributed by atoms with Crippen molar-refractivity contribution in [3.05, 3.63) is 95.7 Å². The lowest BCUT2D eigenvalue weighted by Crippen LogP contribution is -2.44. The zero-order valence-corrected chi connectivity index (χ0v) is 17.9. The van der Waals surface area contributed by atoms with Gasteiger partial charge in [0.1, 0.15) is 7.11 Å². The van der Waals surface area contributed by atoms with Gasteiger partial charge in [0.2, 0.25) is 0 Å².